The Bertz CT molecular complexity index is 432. The molecular weight excluding hydrogens is 273 g/mol. The fraction of sp³-hybridized carbons (Fsp3) is 0.538. The second-order valence-electron chi connectivity index (χ2n) is 4.46. The Kier molecular flexibility index (Phi) is 4.99. The molecule has 2 N–H and O–H groups in total. The molecule has 3 unspecified atom stereocenters. The Labute approximate surface area is 116 Å². The molecular formula is C13H17ClFNO3. The van der Waals surface area contributed by atoms with Gasteiger partial charge in [0.2, 0.25) is 0 Å². The van der Waals surface area contributed by atoms with Crippen molar-refractivity contribution in [2.24, 2.45) is 5.73 Å². The molecule has 0 radical (unpaired) electrons. The van der Waals surface area contributed by atoms with Gasteiger partial charge in [0.25, 0.3) is 0 Å². The van der Waals surface area contributed by atoms with Crippen LogP contribution in [0.3, 0.4) is 0 Å². The first kappa shape index (κ1) is 14.5. The highest BCUT2D eigenvalue weighted by Gasteiger charge is 2.41. The third-order valence-corrected chi connectivity index (χ3v) is 3.36. The SMILES string of the molecule is COCCOC1C(N)CC1Oc1ccc(F)c(Cl)c1. The first-order chi connectivity index (χ1) is 9.11. The lowest BCUT2D eigenvalue weighted by Crippen LogP contribution is -2.59. The number of hydrogen-bond acceptors (Lipinski definition) is 4. The average Bonchev–Trinajstić information content (AvgIpc) is 2.38. The number of benzene rings is 1. The van der Waals surface area contributed by atoms with Gasteiger partial charge in [0.1, 0.15) is 23.8 Å². The molecule has 1 aromatic rings. The van der Waals surface area contributed by atoms with Crippen molar-refractivity contribution in [3.8, 4) is 5.75 Å². The minimum Gasteiger partial charge on any atom is -0.488 e. The molecule has 1 saturated carbocycles. The summed E-state index contributed by atoms with van der Waals surface area (Å²) in [5.74, 6) is 0.0517. The summed E-state index contributed by atoms with van der Waals surface area (Å²) in [5, 5.41) is 0.0398. The number of halogens is 2. The van der Waals surface area contributed by atoms with Crippen LogP contribution in [0.5, 0.6) is 5.75 Å². The minimum atomic E-state index is -0.466. The lowest BCUT2D eigenvalue weighted by Gasteiger charge is -2.41. The summed E-state index contributed by atoms with van der Waals surface area (Å²) in [6, 6.07) is 4.22. The number of rotatable bonds is 6. The van der Waals surface area contributed by atoms with Crippen molar-refractivity contribution in [1.29, 1.82) is 0 Å². The maximum atomic E-state index is 13.0. The Morgan fingerprint density at radius 2 is 2.21 bits per heavy atom. The van der Waals surface area contributed by atoms with Crippen LogP contribution in [0.25, 0.3) is 0 Å². The summed E-state index contributed by atoms with van der Waals surface area (Å²) in [7, 11) is 1.61. The summed E-state index contributed by atoms with van der Waals surface area (Å²) >= 11 is 5.70. The third-order valence-electron chi connectivity index (χ3n) is 3.07. The van der Waals surface area contributed by atoms with Gasteiger partial charge in [0.15, 0.2) is 0 Å². The molecule has 0 amide bonds. The summed E-state index contributed by atoms with van der Waals surface area (Å²) in [6.45, 7) is 0.983. The Balaban J connectivity index is 1.89. The van der Waals surface area contributed by atoms with E-state index in [0.29, 0.717) is 25.4 Å². The van der Waals surface area contributed by atoms with Gasteiger partial charge in [-0.1, -0.05) is 11.6 Å². The highest BCUT2D eigenvalue weighted by Crippen LogP contribution is 2.29. The van der Waals surface area contributed by atoms with E-state index in [1.807, 2.05) is 0 Å². The van der Waals surface area contributed by atoms with Crippen LogP contribution in [0.1, 0.15) is 6.42 Å². The molecule has 1 aliphatic carbocycles. The van der Waals surface area contributed by atoms with E-state index in [2.05, 4.69) is 0 Å². The van der Waals surface area contributed by atoms with E-state index in [0.717, 1.165) is 0 Å². The molecule has 106 valence electrons. The number of hydrogen-bond donors (Lipinski definition) is 1. The van der Waals surface area contributed by atoms with Crippen LogP contribution in [0, 0.1) is 5.82 Å². The zero-order valence-electron chi connectivity index (χ0n) is 10.6. The van der Waals surface area contributed by atoms with Crippen molar-refractivity contribution >= 4 is 11.6 Å². The van der Waals surface area contributed by atoms with E-state index in [9.17, 15) is 4.39 Å². The highest BCUT2D eigenvalue weighted by atomic mass is 35.5. The predicted molar refractivity (Wildman–Crippen MR) is 70.0 cm³/mol. The van der Waals surface area contributed by atoms with E-state index in [4.69, 9.17) is 31.5 Å². The normalized spacial score (nSPS) is 26.0. The first-order valence-electron chi connectivity index (χ1n) is 6.09. The van der Waals surface area contributed by atoms with Crippen LogP contribution in [-0.2, 0) is 9.47 Å². The molecule has 4 nitrogen and oxygen atoms in total. The van der Waals surface area contributed by atoms with Crippen molar-refractivity contribution in [3.05, 3.63) is 29.0 Å². The largest absolute Gasteiger partial charge is 0.488 e. The van der Waals surface area contributed by atoms with Gasteiger partial charge in [-0.15, -0.1) is 0 Å². The van der Waals surface area contributed by atoms with Gasteiger partial charge in [-0.2, -0.15) is 0 Å². The molecule has 2 rings (SSSR count). The molecule has 0 aromatic heterocycles. The summed E-state index contributed by atoms with van der Waals surface area (Å²) < 4.78 is 29.2. The molecule has 1 aromatic carbocycles. The lowest BCUT2D eigenvalue weighted by atomic mass is 9.86. The predicted octanol–water partition coefficient (Wildman–Crippen LogP) is 1.99. The third kappa shape index (κ3) is 3.57. The Morgan fingerprint density at radius 3 is 2.84 bits per heavy atom. The quantitative estimate of drug-likeness (QED) is 0.814. The van der Waals surface area contributed by atoms with Crippen LogP contribution < -0.4 is 10.5 Å². The van der Waals surface area contributed by atoms with E-state index < -0.39 is 5.82 Å². The van der Waals surface area contributed by atoms with Crippen LogP contribution in [0.2, 0.25) is 5.02 Å². The van der Waals surface area contributed by atoms with Crippen LogP contribution >= 0.6 is 11.6 Å². The van der Waals surface area contributed by atoms with E-state index in [-0.39, 0.29) is 23.3 Å². The summed E-state index contributed by atoms with van der Waals surface area (Å²) in [5.41, 5.74) is 5.87. The molecule has 1 aliphatic rings. The van der Waals surface area contributed by atoms with Crippen molar-refractivity contribution in [1.82, 2.24) is 0 Å². The maximum absolute atomic E-state index is 13.0. The van der Waals surface area contributed by atoms with Crippen molar-refractivity contribution in [2.45, 2.75) is 24.7 Å². The van der Waals surface area contributed by atoms with Crippen molar-refractivity contribution in [3.63, 3.8) is 0 Å². The summed E-state index contributed by atoms with van der Waals surface area (Å²) in [6.07, 6.45) is 0.402. The molecule has 3 atom stereocenters. The molecule has 0 saturated heterocycles. The average molecular weight is 290 g/mol. The molecule has 1 fully saturated rings. The summed E-state index contributed by atoms with van der Waals surface area (Å²) in [4.78, 5) is 0. The fourth-order valence-corrected chi connectivity index (χ4v) is 2.13. The fourth-order valence-electron chi connectivity index (χ4n) is 1.95. The van der Waals surface area contributed by atoms with Crippen LogP contribution in [0.4, 0.5) is 4.39 Å². The topological polar surface area (TPSA) is 53.7 Å². The van der Waals surface area contributed by atoms with Crippen LogP contribution in [-0.4, -0.2) is 38.6 Å². The first-order valence-corrected chi connectivity index (χ1v) is 6.47. The molecule has 0 aliphatic heterocycles. The standard InChI is InChI=1S/C13H17ClFNO3/c1-17-4-5-18-13-11(16)7-12(13)19-8-2-3-10(15)9(14)6-8/h2-3,6,11-13H,4-5,7,16H2,1H3. The van der Waals surface area contributed by atoms with Gasteiger partial charge in [-0.05, 0) is 12.1 Å². The number of ether oxygens (including phenoxy) is 3. The maximum Gasteiger partial charge on any atom is 0.142 e. The van der Waals surface area contributed by atoms with Crippen LogP contribution in [0.15, 0.2) is 18.2 Å². The minimum absolute atomic E-state index is 0.0398. The van der Waals surface area contributed by atoms with Gasteiger partial charge < -0.3 is 19.9 Å². The van der Waals surface area contributed by atoms with Gasteiger partial charge in [-0.3, -0.25) is 0 Å². The number of nitrogens with two attached hydrogens (primary N) is 1. The lowest BCUT2D eigenvalue weighted by molar-refractivity contribution is -0.107. The second-order valence-corrected chi connectivity index (χ2v) is 4.87. The molecule has 19 heavy (non-hydrogen) atoms. The van der Waals surface area contributed by atoms with Gasteiger partial charge in [0, 0.05) is 25.6 Å². The monoisotopic (exact) mass is 289 g/mol. The Morgan fingerprint density at radius 1 is 1.42 bits per heavy atom. The zero-order chi connectivity index (χ0) is 13.8. The van der Waals surface area contributed by atoms with E-state index >= 15 is 0 Å². The second kappa shape index (κ2) is 6.52. The number of methoxy groups -OCH3 is 1. The van der Waals surface area contributed by atoms with Crippen molar-refractivity contribution < 1.29 is 18.6 Å². The molecule has 6 heteroatoms. The molecule has 0 spiro atoms. The smallest absolute Gasteiger partial charge is 0.142 e. The zero-order valence-corrected chi connectivity index (χ0v) is 11.4. The van der Waals surface area contributed by atoms with Gasteiger partial charge >= 0.3 is 0 Å². The van der Waals surface area contributed by atoms with Crippen molar-refractivity contribution in [2.75, 3.05) is 20.3 Å². The Hall–Kier alpha value is -0.880. The highest BCUT2D eigenvalue weighted by molar-refractivity contribution is 6.30. The van der Waals surface area contributed by atoms with Gasteiger partial charge in [-0.25, -0.2) is 4.39 Å². The van der Waals surface area contributed by atoms with E-state index in [1.165, 1.54) is 18.2 Å². The van der Waals surface area contributed by atoms with Gasteiger partial charge in [0.05, 0.1) is 18.2 Å². The molecule has 0 bridgehead atoms. The van der Waals surface area contributed by atoms with E-state index in [1.54, 1.807) is 7.11 Å². The molecule has 0 heterocycles.